The molecule has 0 spiro atoms. The fraction of sp³-hybridized carbons (Fsp3) is 0.375. The molecule has 1 aromatic carbocycles. The summed E-state index contributed by atoms with van der Waals surface area (Å²) in [6.07, 6.45) is 2.61. The van der Waals surface area contributed by atoms with Crippen LogP contribution in [0.2, 0.25) is 10.0 Å². The summed E-state index contributed by atoms with van der Waals surface area (Å²) in [6.45, 7) is 0. The van der Waals surface area contributed by atoms with E-state index in [-0.39, 0.29) is 27.5 Å². The number of benzene rings is 1. The van der Waals surface area contributed by atoms with Crippen molar-refractivity contribution in [2.24, 2.45) is 0 Å². The number of aromatic nitrogens is 1. The first-order chi connectivity index (χ1) is 11.5. The molecule has 2 N–H and O–H groups in total. The molecule has 1 amide bonds. The van der Waals surface area contributed by atoms with Gasteiger partial charge in [0.1, 0.15) is 16.5 Å². The molecule has 1 aromatic heterocycles. The van der Waals surface area contributed by atoms with E-state index in [0.717, 1.165) is 12.8 Å². The zero-order chi connectivity index (χ0) is 17.3. The number of halogens is 3. The fourth-order valence-corrected chi connectivity index (χ4v) is 3.14. The Bertz CT molecular complexity index is 766. The molecule has 128 valence electrons. The quantitative estimate of drug-likeness (QED) is 0.858. The van der Waals surface area contributed by atoms with Crippen LogP contribution in [0.1, 0.15) is 36.2 Å². The molecule has 5 nitrogen and oxygen atoms in total. The van der Waals surface area contributed by atoms with E-state index in [0.29, 0.717) is 18.4 Å². The van der Waals surface area contributed by atoms with Crippen molar-refractivity contribution in [3.8, 4) is 11.3 Å². The van der Waals surface area contributed by atoms with Crippen molar-refractivity contribution >= 4 is 29.1 Å². The highest BCUT2D eigenvalue weighted by atomic mass is 35.5. The van der Waals surface area contributed by atoms with Crippen molar-refractivity contribution in [3.05, 3.63) is 39.8 Å². The molecule has 0 aliphatic heterocycles. The Balaban J connectivity index is 1.81. The number of hydrogen-bond acceptors (Lipinski definition) is 4. The van der Waals surface area contributed by atoms with Gasteiger partial charge in [0.25, 0.3) is 5.91 Å². The number of rotatable bonds is 3. The number of aliphatic hydroxyl groups is 1. The summed E-state index contributed by atoms with van der Waals surface area (Å²) in [5.41, 5.74) is 0.504. The van der Waals surface area contributed by atoms with E-state index in [9.17, 15) is 14.3 Å². The molecule has 24 heavy (non-hydrogen) atoms. The maximum atomic E-state index is 13.6. The van der Waals surface area contributed by atoms with Crippen molar-refractivity contribution in [1.29, 1.82) is 0 Å². The summed E-state index contributed by atoms with van der Waals surface area (Å²) < 4.78 is 18.6. The highest BCUT2D eigenvalue weighted by Crippen LogP contribution is 2.32. The highest BCUT2D eigenvalue weighted by molar-refractivity contribution is 6.35. The van der Waals surface area contributed by atoms with Gasteiger partial charge in [-0.1, -0.05) is 47.3 Å². The minimum Gasteiger partial charge on any atom is -0.391 e. The predicted octanol–water partition coefficient (Wildman–Crippen LogP) is 3.82. The van der Waals surface area contributed by atoms with E-state index < -0.39 is 17.8 Å². The molecule has 1 aliphatic carbocycles. The van der Waals surface area contributed by atoms with E-state index in [1.807, 2.05) is 0 Å². The van der Waals surface area contributed by atoms with Gasteiger partial charge in [-0.25, -0.2) is 4.39 Å². The Hall–Kier alpha value is -1.63. The Morgan fingerprint density at radius 2 is 2.08 bits per heavy atom. The number of aliphatic hydroxyl groups excluding tert-OH is 1. The zero-order valence-corrected chi connectivity index (χ0v) is 14.1. The average molecular weight is 373 g/mol. The minimum absolute atomic E-state index is 0.0143. The summed E-state index contributed by atoms with van der Waals surface area (Å²) in [7, 11) is 0. The van der Waals surface area contributed by atoms with Crippen molar-refractivity contribution in [3.63, 3.8) is 0 Å². The van der Waals surface area contributed by atoms with Crippen molar-refractivity contribution in [2.75, 3.05) is 0 Å². The number of carbonyl (C=O) groups excluding carboxylic acids is 1. The van der Waals surface area contributed by atoms with Gasteiger partial charge in [0.05, 0.1) is 17.2 Å². The minimum atomic E-state index is -0.621. The molecular formula is C16H15Cl2FN2O3. The first-order valence-corrected chi connectivity index (χ1v) is 8.32. The van der Waals surface area contributed by atoms with Gasteiger partial charge in [0.2, 0.25) is 5.76 Å². The third-order valence-corrected chi connectivity index (χ3v) is 4.74. The van der Waals surface area contributed by atoms with E-state index in [2.05, 4.69) is 10.5 Å². The van der Waals surface area contributed by atoms with Crippen LogP contribution in [-0.4, -0.2) is 28.3 Å². The zero-order valence-electron chi connectivity index (χ0n) is 12.6. The number of amides is 1. The third kappa shape index (κ3) is 3.41. The lowest BCUT2D eigenvalue weighted by Gasteiger charge is -2.27. The SMILES string of the molecule is O=C(NC1CCCC[C@H]1O)c1onc(-c2ccc(Cl)c(F)c2)c1Cl. The summed E-state index contributed by atoms with van der Waals surface area (Å²) in [5, 5.41) is 16.3. The van der Waals surface area contributed by atoms with Crippen LogP contribution < -0.4 is 5.32 Å². The molecule has 1 heterocycles. The van der Waals surface area contributed by atoms with Gasteiger partial charge >= 0.3 is 0 Å². The first kappa shape index (κ1) is 17.2. The Kier molecular flexibility index (Phi) is 5.08. The van der Waals surface area contributed by atoms with Gasteiger partial charge in [-0.15, -0.1) is 0 Å². The van der Waals surface area contributed by atoms with Crippen LogP contribution in [0, 0.1) is 5.82 Å². The molecule has 1 aliphatic rings. The normalized spacial score (nSPS) is 20.8. The molecule has 2 aromatic rings. The lowest BCUT2D eigenvalue weighted by Crippen LogP contribution is -2.45. The molecule has 1 saturated carbocycles. The van der Waals surface area contributed by atoms with Crippen LogP contribution in [0.5, 0.6) is 0 Å². The van der Waals surface area contributed by atoms with E-state index in [1.165, 1.54) is 18.2 Å². The van der Waals surface area contributed by atoms with E-state index >= 15 is 0 Å². The molecular weight excluding hydrogens is 358 g/mol. The second kappa shape index (κ2) is 7.09. The van der Waals surface area contributed by atoms with Crippen LogP contribution in [0.25, 0.3) is 11.3 Å². The van der Waals surface area contributed by atoms with Crippen LogP contribution >= 0.6 is 23.2 Å². The molecule has 3 rings (SSSR count). The Morgan fingerprint density at radius 1 is 1.33 bits per heavy atom. The predicted molar refractivity (Wildman–Crippen MR) is 87.6 cm³/mol. The number of nitrogens with zero attached hydrogens (tertiary/aromatic N) is 1. The summed E-state index contributed by atoms with van der Waals surface area (Å²) in [5.74, 6) is -1.34. The molecule has 0 saturated heterocycles. The smallest absolute Gasteiger partial charge is 0.291 e. The maximum absolute atomic E-state index is 13.6. The van der Waals surface area contributed by atoms with Crippen molar-refractivity contribution in [2.45, 2.75) is 37.8 Å². The van der Waals surface area contributed by atoms with E-state index in [4.69, 9.17) is 27.7 Å². The standard InChI is InChI=1S/C16H15Cl2FN2O3/c17-9-6-5-8(7-10(9)19)14-13(18)15(24-21-14)16(23)20-11-3-1-2-4-12(11)22/h5-7,11-12,22H,1-4H2,(H,20,23)/t11?,12-/m1/s1. The summed E-state index contributed by atoms with van der Waals surface area (Å²) in [6, 6.07) is 3.72. The topological polar surface area (TPSA) is 75.4 Å². The summed E-state index contributed by atoms with van der Waals surface area (Å²) in [4.78, 5) is 12.3. The first-order valence-electron chi connectivity index (χ1n) is 7.57. The maximum Gasteiger partial charge on any atom is 0.291 e. The molecule has 2 atom stereocenters. The molecule has 8 heteroatoms. The van der Waals surface area contributed by atoms with Gasteiger partial charge in [0.15, 0.2) is 0 Å². The van der Waals surface area contributed by atoms with Gasteiger partial charge in [-0.3, -0.25) is 4.79 Å². The molecule has 0 radical (unpaired) electrons. The van der Waals surface area contributed by atoms with Gasteiger partial charge in [-0.2, -0.15) is 0 Å². The van der Waals surface area contributed by atoms with Crippen LogP contribution in [-0.2, 0) is 0 Å². The average Bonchev–Trinajstić information content (AvgIpc) is 2.94. The number of carbonyl (C=O) groups is 1. The monoisotopic (exact) mass is 372 g/mol. The second-order valence-electron chi connectivity index (χ2n) is 5.73. The number of hydrogen-bond donors (Lipinski definition) is 2. The molecule has 1 fully saturated rings. The summed E-state index contributed by atoms with van der Waals surface area (Å²) >= 11 is 11.8. The Morgan fingerprint density at radius 3 is 2.79 bits per heavy atom. The second-order valence-corrected chi connectivity index (χ2v) is 6.52. The van der Waals surface area contributed by atoms with Crippen LogP contribution in [0.4, 0.5) is 4.39 Å². The van der Waals surface area contributed by atoms with Gasteiger partial charge in [-0.05, 0) is 25.0 Å². The third-order valence-electron chi connectivity index (χ3n) is 4.08. The van der Waals surface area contributed by atoms with Crippen molar-refractivity contribution in [1.82, 2.24) is 10.5 Å². The number of nitrogens with one attached hydrogen (secondary N) is 1. The van der Waals surface area contributed by atoms with Gasteiger partial charge in [0, 0.05) is 5.56 Å². The molecule has 0 bridgehead atoms. The van der Waals surface area contributed by atoms with Crippen molar-refractivity contribution < 1.29 is 18.8 Å². The van der Waals surface area contributed by atoms with Crippen LogP contribution in [0.15, 0.2) is 22.7 Å². The van der Waals surface area contributed by atoms with Gasteiger partial charge < -0.3 is 14.9 Å². The van der Waals surface area contributed by atoms with E-state index in [1.54, 1.807) is 0 Å². The molecule has 1 unspecified atom stereocenters. The van der Waals surface area contributed by atoms with Crippen LogP contribution in [0.3, 0.4) is 0 Å². The Labute approximate surface area is 147 Å². The lowest BCUT2D eigenvalue weighted by molar-refractivity contribution is 0.0692. The highest BCUT2D eigenvalue weighted by Gasteiger charge is 2.28. The fourth-order valence-electron chi connectivity index (χ4n) is 2.76. The lowest BCUT2D eigenvalue weighted by atomic mass is 9.92. The largest absolute Gasteiger partial charge is 0.391 e.